The number of hydrogen-bond donors (Lipinski definition) is 1. The summed E-state index contributed by atoms with van der Waals surface area (Å²) in [6, 6.07) is 7.81. The predicted molar refractivity (Wildman–Crippen MR) is 92.0 cm³/mol. The molecule has 0 spiro atoms. The Hall–Kier alpha value is -1.59. The van der Waals surface area contributed by atoms with E-state index < -0.39 is 0 Å². The summed E-state index contributed by atoms with van der Waals surface area (Å²) in [7, 11) is 0. The standard InChI is InChI=1S/C16H19ClN2O2S/c1-3-21-13-8-6-12(7-9-13)15-11(2)22-16(19-15)18-14(20)5-4-10-17/h6-9H,3-5,10H2,1-2H3,(H,18,19,20). The summed E-state index contributed by atoms with van der Waals surface area (Å²) < 4.78 is 5.44. The van der Waals surface area contributed by atoms with E-state index in [2.05, 4.69) is 10.3 Å². The van der Waals surface area contributed by atoms with E-state index in [-0.39, 0.29) is 5.91 Å². The molecule has 22 heavy (non-hydrogen) atoms. The molecule has 2 aromatic rings. The van der Waals surface area contributed by atoms with E-state index in [1.54, 1.807) is 0 Å². The maximum Gasteiger partial charge on any atom is 0.226 e. The molecule has 0 bridgehead atoms. The van der Waals surface area contributed by atoms with Gasteiger partial charge in [0, 0.05) is 22.7 Å². The summed E-state index contributed by atoms with van der Waals surface area (Å²) in [5.41, 5.74) is 1.90. The van der Waals surface area contributed by atoms with Crippen molar-refractivity contribution in [1.29, 1.82) is 0 Å². The lowest BCUT2D eigenvalue weighted by Gasteiger charge is -2.04. The van der Waals surface area contributed by atoms with E-state index in [0.29, 0.717) is 30.5 Å². The zero-order valence-electron chi connectivity index (χ0n) is 12.7. The van der Waals surface area contributed by atoms with Crippen LogP contribution in [0, 0.1) is 6.92 Å². The molecule has 0 saturated heterocycles. The normalized spacial score (nSPS) is 10.5. The second-order valence-electron chi connectivity index (χ2n) is 4.72. The SMILES string of the molecule is CCOc1ccc(-c2nc(NC(=O)CCCCl)sc2C)cc1. The van der Waals surface area contributed by atoms with Crippen LogP contribution in [0.4, 0.5) is 5.13 Å². The fourth-order valence-electron chi connectivity index (χ4n) is 2.00. The number of anilines is 1. The summed E-state index contributed by atoms with van der Waals surface area (Å²) in [4.78, 5) is 17.3. The predicted octanol–water partition coefficient (Wildman–Crippen LogP) is 4.47. The van der Waals surface area contributed by atoms with Crippen molar-refractivity contribution in [3.8, 4) is 17.0 Å². The second-order valence-corrected chi connectivity index (χ2v) is 6.30. The molecule has 1 amide bonds. The lowest BCUT2D eigenvalue weighted by atomic mass is 10.1. The summed E-state index contributed by atoms with van der Waals surface area (Å²) in [6.07, 6.45) is 1.09. The van der Waals surface area contributed by atoms with Crippen LogP contribution in [-0.2, 0) is 4.79 Å². The molecule has 0 aliphatic heterocycles. The van der Waals surface area contributed by atoms with E-state index in [9.17, 15) is 4.79 Å². The van der Waals surface area contributed by atoms with Gasteiger partial charge in [0.1, 0.15) is 5.75 Å². The zero-order chi connectivity index (χ0) is 15.9. The van der Waals surface area contributed by atoms with Crippen molar-refractivity contribution in [2.75, 3.05) is 17.8 Å². The summed E-state index contributed by atoms with van der Waals surface area (Å²) in [5.74, 6) is 1.28. The van der Waals surface area contributed by atoms with Crippen molar-refractivity contribution in [3.05, 3.63) is 29.1 Å². The Morgan fingerprint density at radius 1 is 1.36 bits per heavy atom. The van der Waals surface area contributed by atoms with Gasteiger partial charge in [0.25, 0.3) is 0 Å². The van der Waals surface area contributed by atoms with Crippen LogP contribution in [0.1, 0.15) is 24.6 Å². The number of nitrogens with one attached hydrogen (secondary N) is 1. The molecule has 0 unspecified atom stereocenters. The van der Waals surface area contributed by atoms with Crippen LogP contribution in [0.5, 0.6) is 5.75 Å². The fourth-order valence-corrected chi connectivity index (χ4v) is 2.99. The highest BCUT2D eigenvalue weighted by Gasteiger charge is 2.12. The third-order valence-electron chi connectivity index (χ3n) is 3.02. The summed E-state index contributed by atoms with van der Waals surface area (Å²) >= 11 is 7.07. The minimum atomic E-state index is -0.0485. The highest BCUT2D eigenvalue weighted by Crippen LogP contribution is 2.31. The van der Waals surface area contributed by atoms with Gasteiger partial charge >= 0.3 is 0 Å². The number of alkyl halides is 1. The van der Waals surface area contributed by atoms with Crippen LogP contribution in [0.3, 0.4) is 0 Å². The average molecular weight is 339 g/mol. The molecule has 4 nitrogen and oxygen atoms in total. The number of rotatable bonds is 7. The Morgan fingerprint density at radius 2 is 2.09 bits per heavy atom. The van der Waals surface area contributed by atoms with Crippen molar-refractivity contribution >= 4 is 34.0 Å². The first-order valence-corrected chi connectivity index (χ1v) is 8.55. The number of carbonyl (C=O) groups excluding carboxylic acids is 1. The van der Waals surface area contributed by atoms with Gasteiger partial charge in [-0.05, 0) is 44.5 Å². The third kappa shape index (κ3) is 4.45. The van der Waals surface area contributed by atoms with Crippen LogP contribution >= 0.6 is 22.9 Å². The highest BCUT2D eigenvalue weighted by molar-refractivity contribution is 7.16. The van der Waals surface area contributed by atoms with Crippen LogP contribution in [0.15, 0.2) is 24.3 Å². The quantitative estimate of drug-likeness (QED) is 0.757. The second kappa shape index (κ2) is 8.15. The molecule has 1 aromatic heterocycles. The maximum absolute atomic E-state index is 11.7. The maximum atomic E-state index is 11.7. The van der Waals surface area contributed by atoms with E-state index in [0.717, 1.165) is 21.9 Å². The van der Waals surface area contributed by atoms with Gasteiger partial charge in [-0.25, -0.2) is 4.98 Å². The molecule has 1 N–H and O–H groups in total. The van der Waals surface area contributed by atoms with E-state index in [4.69, 9.17) is 16.3 Å². The molecule has 2 rings (SSSR count). The number of benzene rings is 1. The van der Waals surface area contributed by atoms with Crippen LogP contribution in [0.25, 0.3) is 11.3 Å². The number of thiazole rings is 1. The van der Waals surface area contributed by atoms with E-state index >= 15 is 0 Å². The van der Waals surface area contributed by atoms with Crippen LogP contribution < -0.4 is 10.1 Å². The molecular weight excluding hydrogens is 320 g/mol. The number of nitrogens with zero attached hydrogens (tertiary/aromatic N) is 1. The van der Waals surface area contributed by atoms with Crippen LogP contribution in [0.2, 0.25) is 0 Å². The van der Waals surface area contributed by atoms with Gasteiger partial charge in [0.2, 0.25) is 5.91 Å². The number of amides is 1. The van der Waals surface area contributed by atoms with Crippen molar-refractivity contribution in [1.82, 2.24) is 4.98 Å². The molecule has 0 aliphatic carbocycles. The van der Waals surface area contributed by atoms with Crippen molar-refractivity contribution in [3.63, 3.8) is 0 Å². The van der Waals surface area contributed by atoms with Gasteiger partial charge in [-0.3, -0.25) is 4.79 Å². The Kier molecular flexibility index (Phi) is 6.21. The largest absolute Gasteiger partial charge is 0.494 e. The van der Waals surface area contributed by atoms with Gasteiger partial charge < -0.3 is 10.1 Å². The fraction of sp³-hybridized carbons (Fsp3) is 0.375. The first-order valence-electron chi connectivity index (χ1n) is 7.20. The van der Waals surface area contributed by atoms with Crippen LogP contribution in [-0.4, -0.2) is 23.4 Å². The van der Waals surface area contributed by atoms with Crippen molar-refractivity contribution in [2.24, 2.45) is 0 Å². The lowest BCUT2D eigenvalue weighted by molar-refractivity contribution is -0.116. The van der Waals surface area contributed by atoms with Gasteiger partial charge in [-0.2, -0.15) is 0 Å². The molecule has 0 fully saturated rings. The molecule has 118 valence electrons. The molecular formula is C16H19ClN2O2S. The number of ether oxygens (including phenoxy) is 1. The highest BCUT2D eigenvalue weighted by atomic mass is 35.5. The number of hydrogen-bond acceptors (Lipinski definition) is 4. The number of aromatic nitrogens is 1. The summed E-state index contributed by atoms with van der Waals surface area (Å²) in [6.45, 7) is 4.60. The minimum absolute atomic E-state index is 0.0485. The van der Waals surface area contributed by atoms with E-state index in [1.165, 1.54) is 11.3 Å². The molecule has 1 aromatic carbocycles. The molecule has 0 radical (unpaired) electrons. The number of aryl methyl sites for hydroxylation is 1. The number of halogens is 1. The molecule has 0 atom stereocenters. The Labute approximate surface area is 139 Å². The van der Waals surface area contributed by atoms with Gasteiger partial charge in [0.15, 0.2) is 5.13 Å². The van der Waals surface area contributed by atoms with Gasteiger partial charge in [0.05, 0.1) is 12.3 Å². The monoisotopic (exact) mass is 338 g/mol. The Morgan fingerprint density at radius 3 is 2.73 bits per heavy atom. The third-order valence-corrected chi connectivity index (χ3v) is 4.17. The molecule has 0 saturated carbocycles. The van der Waals surface area contributed by atoms with Gasteiger partial charge in [-0.15, -0.1) is 22.9 Å². The Balaban J connectivity index is 2.10. The van der Waals surface area contributed by atoms with E-state index in [1.807, 2.05) is 38.1 Å². The zero-order valence-corrected chi connectivity index (χ0v) is 14.3. The Bertz CT molecular complexity index is 626. The lowest BCUT2D eigenvalue weighted by Crippen LogP contribution is -2.10. The topological polar surface area (TPSA) is 51.2 Å². The van der Waals surface area contributed by atoms with Crippen molar-refractivity contribution in [2.45, 2.75) is 26.7 Å². The van der Waals surface area contributed by atoms with Crippen molar-refractivity contribution < 1.29 is 9.53 Å². The average Bonchev–Trinajstić information content (AvgIpc) is 2.87. The van der Waals surface area contributed by atoms with Gasteiger partial charge in [-0.1, -0.05) is 0 Å². The molecule has 1 heterocycles. The first kappa shape index (κ1) is 16.8. The first-order chi connectivity index (χ1) is 10.6. The molecule has 6 heteroatoms. The molecule has 0 aliphatic rings. The number of carbonyl (C=O) groups is 1. The minimum Gasteiger partial charge on any atom is -0.494 e. The smallest absolute Gasteiger partial charge is 0.226 e. The summed E-state index contributed by atoms with van der Waals surface area (Å²) in [5, 5.41) is 3.45.